The Bertz CT molecular complexity index is 2500. The molecule has 6 aromatic rings. The summed E-state index contributed by atoms with van der Waals surface area (Å²) in [7, 11) is 0. The lowest BCUT2D eigenvalue weighted by Crippen LogP contribution is -2.25. The number of aryl methyl sites for hydroxylation is 3. The Hall–Kier alpha value is -6.53. The smallest absolute Gasteiger partial charge is 0.251 e. The highest BCUT2D eigenvalue weighted by Gasteiger charge is 2.27. The van der Waals surface area contributed by atoms with Crippen LogP contribution in [-0.4, -0.2) is 54.6 Å². The third-order valence-corrected chi connectivity index (χ3v) is 9.94. The van der Waals surface area contributed by atoms with E-state index in [1.165, 1.54) is 6.33 Å². The monoisotopic (exact) mass is 768 g/mol. The number of carbonyl (C=O) groups is 4. The van der Waals surface area contributed by atoms with Crippen LogP contribution in [0.1, 0.15) is 95.5 Å². The fourth-order valence-electron chi connectivity index (χ4n) is 6.23. The van der Waals surface area contributed by atoms with Crippen molar-refractivity contribution in [2.45, 2.75) is 58.5 Å². The van der Waals surface area contributed by atoms with Crippen molar-refractivity contribution in [2.75, 3.05) is 11.5 Å². The van der Waals surface area contributed by atoms with Gasteiger partial charge >= 0.3 is 0 Å². The number of nitrogens with two attached hydrogens (primary N) is 2. The number of nitrogens with zero attached hydrogens (tertiary/aromatic N) is 4. The van der Waals surface area contributed by atoms with Crippen molar-refractivity contribution in [2.24, 2.45) is 0 Å². The van der Waals surface area contributed by atoms with Gasteiger partial charge < -0.3 is 22.1 Å². The number of amides is 2. The maximum absolute atomic E-state index is 12.8. The van der Waals surface area contributed by atoms with E-state index in [0.29, 0.717) is 38.8 Å². The Kier molecular flexibility index (Phi) is 10.6. The van der Waals surface area contributed by atoms with Crippen LogP contribution in [0.25, 0.3) is 11.4 Å². The molecule has 2 saturated carbocycles. The number of nitrogen functional groups attached to an aromatic ring is 2. The molecule has 13 heteroatoms. The quantitative estimate of drug-likeness (QED) is 0.111. The van der Waals surface area contributed by atoms with Crippen molar-refractivity contribution in [3.05, 3.63) is 153 Å². The summed E-state index contributed by atoms with van der Waals surface area (Å²) in [6.07, 6.45) is 5.60. The van der Waals surface area contributed by atoms with Crippen LogP contribution in [0.4, 0.5) is 11.6 Å². The second kappa shape index (κ2) is 15.7. The van der Waals surface area contributed by atoms with Crippen molar-refractivity contribution < 1.29 is 19.2 Å². The molecule has 0 aliphatic heterocycles. The van der Waals surface area contributed by atoms with Crippen molar-refractivity contribution in [1.82, 2.24) is 29.7 Å². The minimum Gasteiger partial charge on any atom is -0.383 e. The van der Waals surface area contributed by atoms with Gasteiger partial charge in [0.2, 0.25) is 11.6 Å². The molecule has 56 heavy (non-hydrogen) atoms. The van der Waals surface area contributed by atoms with E-state index in [4.69, 9.17) is 23.1 Å². The maximum Gasteiger partial charge on any atom is 0.251 e. The molecule has 2 amide bonds. The zero-order valence-electron chi connectivity index (χ0n) is 31.2. The van der Waals surface area contributed by atoms with E-state index < -0.39 is 0 Å². The van der Waals surface area contributed by atoms with Crippen LogP contribution < -0.4 is 22.1 Å². The number of hydrogen-bond donors (Lipinski definition) is 4. The number of ketones is 2. The Morgan fingerprint density at radius 1 is 0.643 bits per heavy atom. The Labute approximate surface area is 328 Å². The van der Waals surface area contributed by atoms with E-state index in [0.717, 1.165) is 42.5 Å². The molecule has 2 fully saturated rings. The van der Waals surface area contributed by atoms with Gasteiger partial charge in [-0.25, -0.2) is 9.97 Å². The molecule has 0 radical (unpaired) electrons. The van der Waals surface area contributed by atoms with E-state index in [1.807, 2.05) is 32.0 Å². The summed E-state index contributed by atoms with van der Waals surface area (Å²) in [6.45, 7) is 5.65. The number of aromatic nitrogens is 4. The molecule has 0 bridgehead atoms. The third kappa shape index (κ3) is 8.10. The van der Waals surface area contributed by atoms with Gasteiger partial charge in [-0.15, -0.1) is 0 Å². The molecule has 6 N–H and O–H groups in total. The van der Waals surface area contributed by atoms with Crippen molar-refractivity contribution in [3.63, 3.8) is 0 Å². The average Bonchev–Trinajstić information content (AvgIpc) is 4.13. The van der Waals surface area contributed by atoms with Gasteiger partial charge in [0, 0.05) is 39.4 Å². The number of nitrogens with one attached hydrogen (secondary N) is 2. The van der Waals surface area contributed by atoms with Crippen LogP contribution in [0.2, 0.25) is 5.02 Å². The van der Waals surface area contributed by atoms with Gasteiger partial charge in [-0.05, 0) is 94.0 Å². The average molecular weight is 769 g/mol. The van der Waals surface area contributed by atoms with E-state index in [1.54, 1.807) is 88.9 Å². The summed E-state index contributed by atoms with van der Waals surface area (Å²) in [6, 6.07) is 27.0. The topological polar surface area (TPSA) is 180 Å². The van der Waals surface area contributed by atoms with Gasteiger partial charge in [-0.1, -0.05) is 66.2 Å². The molecule has 2 aliphatic rings. The molecule has 0 saturated heterocycles. The third-order valence-electron chi connectivity index (χ3n) is 9.71. The van der Waals surface area contributed by atoms with Gasteiger partial charge in [0.05, 0.1) is 11.4 Å². The Morgan fingerprint density at radius 2 is 1.20 bits per heavy atom. The number of benzene rings is 4. The minimum absolute atomic E-state index is 0.0966. The molecular weight excluding hydrogens is 728 g/mol. The molecular formula is C43H41ClN8O4. The van der Waals surface area contributed by atoms with Crippen LogP contribution in [0.15, 0.2) is 97.3 Å². The van der Waals surface area contributed by atoms with E-state index in [-0.39, 0.29) is 58.5 Å². The number of anilines is 2. The molecule has 4 aromatic carbocycles. The summed E-state index contributed by atoms with van der Waals surface area (Å²) in [4.78, 5) is 59.1. The molecule has 12 nitrogen and oxygen atoms in total. The zero-order valence-corrected chi connectivity index (χ0v) is 31.9. The van der Waals surface area contributed by atoms with Gasteiger partial charge in [0.15, 0.2) is 11.4 Å². The summed E-state index contributed by atoms with van der Waals surface area (Å²) in [5.74, 6) is 0.347. The predicted octanol–water partition coefficient (Wildman–Crippen LogP) is 6.73. The number of imidazole rings is 2. The molecule has 2 heterocycles. The lowest BCUT2D eigenvalue weighted by atomic mass is 10.1. The first-order chi connectivity index (χ1) is 26.9. The Morgan fingerprint density at radius 3 is 1.79 bits per heavy atom. The maximum atomic E-state index is 12.8. The molecule has 2 aliphatic carbocycles. The normalized spacial score (nSPS) is 13.4. The molecule has 0 spiro atoms. The second-order valence-corrected chi connectivity index (χ2v) is 14.5. The standard InChI is InChI=1S/C22H22N4O2.C21H19ClN4O2/c1-13-8-9-16(22(28)25-17-10-11-17)12-18(13)26-14(2)24-19(21(26)23)20(27)15-6-4-3-5-7-15;1-12-5-6-14(21(28)25-16-7-8-16)10-17(12)26-11-24-18(20(26)23)19(27)13-3-2-4-15(22)9-13/h3-9,12,17H,10-11,23H2,1-2H3,(H,25,28);2-6,9-11,16H,7-8,23H2,1H3,(H,25,28). The van der Waals surface area contributed by atoms with Gasteiger partial charge in [0.1, 0.15) is 23.8 Å². The fourth-order valence-corrected chi connectivity index (χ4v) is 6.42. The first-order valence-electron chi connectivity index (χ1n) is 18.3. The first kappa shape index (κ1) is 37.8. The lowest BCUT2D eigenvalue weighted by Gasteiger charge is -2.13. The lowest BCUT2D eigenvalue weighted by molar-refractivity contribution is 0.0942. The van der Waals surface area contributed by atoms with Crippen LogP contribution in [0, 0.1) is 20.8 Å². The highest BCUT2D eigenvalue weighted by Crippen LogP contribution is 2.28. The highest BCUT2D eigenvalue weighted by molar-refractivity contribution is 6.31. The van der Waals surface area contributed by atoms with Crippen molar-refractivity contribution in [3.8, 4) is 11.4 Å². The second-order valence-electron chi connectivity index (χ2n) is 14.1. The fraction of sp³-hybridized carbons (Fsp3) is 0.209. The summed E-state index contributed by atoms with van der Waals surface area (Å²) >= 11 is 5.98. The van der Waals surface area contributed by atoms with Gasteiger partial charge in [-0.3, -0.25) is 28.3 Å². The molecule has 8 rings (SSSR count). The predicted molar refractivity (Wildman–Crippen MR) is 216 cm³/mol. The SMILES string of the molecule is Cc1ccc(C(=O)NC2CC2)cc1-n1c(C)nc(C(=O)c2ccccc2)c1N.Cc1ccc(C(=O)NC2CC2)cc1-n1cnc(C(=O)c2cccc(Cl)c2)c1N. The van der Waals surface area contributed by atoms with Gasteiger partial charge in [0.25, 0.3) is 11.8 Å². The van der Waals surface area contributed by atoms with Crippen LogP contribution in [-0.2, 0) is 0 Å². The summed E-state index contributed by atoms with van der Waals surface area (Å²) < 4.78 is 3.36. The minimum atomic E-state index is -0.306. The van der Waals surface area contributed by atoms with Crippen molar-refractivity contribution >= 4 is 46.6 Å². The van der Waals surface area contributed by atoms with E-state index in [9.17, 15) is 19.2 Å². The first-order valence-corrected chi connectivity index (χ1v) is 18.7. The largest absolute Gasteiger partial charge is 0.383 e. The molecule has 284 valence electrons. The molecule has 2 aromatic heterocycles. The van der Waals surface area contributed by atoms with E-state index >= 15 is 0 Å². The zero-order chi connectivity index (χ0) is 39.7. The van der Waals surface area contributed by atoms with Crippen LogP contribution in [0.5, 0.6) is 0 Å². The summed E-state index contributed by atoms with van der Waals surface area (Å²) in [5.41, 5.74) is 18.3. The van der Waals surface area contributed by atoms with Crippen LogP contribution >= 0.6 is 11.6 Å². The number of hydrogen-bond acceptors (Lipinski definition) is 8. The van der Waals surface area contributed by atoms with E-state index in [2.05, 4.69) is 20.6 Å². The number of rotatable bonds is 10. The molecule has 0 unspecified atom stereocenters. The summed E-state index contributed by atoms with van der Waals surface area (Å²) in [5, 5.41) is 6.43. The number of carbonyl (C=O) groups excluding carboxylic acids is 4. The van der Waals surface area contributed by atoms with Crippen molar-refractivity contribution in [1.29, 1.82) is 0 Å². The Balaban J connectivity index is 0.000000172. The molecule has 0 atom stereocenters. The number of halogens is 1. The van der Waals surface area contributed by atoms with Gasteiger partial charge in [-0.2, -0.15) is 0 Å². The highest BCUT2D eigenvalue weighted by atomic mass is 35.5. The van der Waals surface area contributed by atoms with Crippen LogP contribution in [0.3, 0.4) is 0 Å².